The van der Waals surface area contributed by atoms with E-state index in [1.807, 2.05) is 13.0 Å². The minimum atomic E-state index is -0.354. The lowest BCUT2D eigenvalue weighted by atomic mass is 10.1. The lowest BCUT2D eigenvalue weighted by Gasteiger charge is -2.11. The van der Waals surface area contributed by atoms with Gasteiger partial charge in [0.2, 0.25) is 0 Å². The fourth-order valence-electron chi connectivity index (χ4n) is 1.52. The van der Waals surface area contributed by atoms with Crippen molar-refractivity contribution in [2.45, 2.75) is 12.3 Å². The van der Waals surface area contributed by atoms with E-state index in [0.29, 0.717) is 0 Å². The molecular weight excluding hydrogens is 390 g/mol. The molecule has 0 fully saturated rings. The van der Waals surface area contributed by atoms with E-state index >= 15 is 0 Å². The molecule has 0 saturated heterocycles. The van der Waals surface area contributed by atoms with Crippen molar-refractivity contribution in [1.29, 1.82) is 0 Å². The van der Waals surface area contributed by atoms with Crippen LogP contribution in [0.3, 0.4) is 0 Å². The van der Waals surface area contributed by atoms with Gasteiger partial charge in [-0.25, -0.2) is 4.39 Å². The highest BCUT2D eigenvalue weighted by Gasteiger charge is 2.19. The van der Waals surface area contributed by atoms with E-state index in [9.17, 15) is 4.39 Å². The zero-order chi connectivity index (χ0) is 12.6. The molecule has 2 rings (SSSR count). The van der Waals surface area contributed by atoms with Gasteiger partial charge in [-0.3, -0.25) is 0 Å². The quantitative estimate of drug-likeness (QED) is 0.540. The van der Waals surface area contributed by atoms with Crippen LogP contribution in [0.2, 0.25) is 0 Å². The molecule has 0 nitrogen and oxygen atoms in total. The van der Waals surface area contributed by atoms with Crippen LogP contribution in [0.5, 0.6) is 0 Å². The summed E-state index contributed by atoms with van der Waals surface area (Å²) in [7, 11) is 0. The van der Waals surface area contributed by atoms with Crippen molar-refractivity contribution in [2.24, 2.45) is 0 Å². The summed E-state index contributed by atoms with van der Waals surface area (Å²) in [6.07, 6.45) is 0. The van der Waals surface area contributed by atoms with Gasteiger partial charge in [0.05, 0.1) is 5.38 Å². The number of aryl methyl sites for hydroxylation is 1. The monoisotopic (exact) mass is 396 g/mol. The summed E-state index contributed by atoms with van der Waals surface area (Å²) in [4.78, 5) is 2.17. The SMILES string of the molecule is Cc1cc(Br)c(C(Cl)c2cc(F)ccc2Br)s1. The van der Waals surface area contributed by atoms with E-state index in [4.69, 9.17) is 11.6 Å². The second-order valence-corrected chi connectivity index (χ2v) is 7.03. The van der Waals surface area contributed by atoms with Crippen molar-refractivity contribution in [3.63, 3.8) is 0 Å². The van der Waals surface area contributed by atoms with Gasteiger partial charge in [0.15, 0.2) is 0 Å². The van der Waals surface area contributed by atoms with Gasteiger partial charge in [-0.05, 0) is 52.7 Å². The molecule has 0 bridgehead atoms. The highest BCUT2D eigenvalue weighted by molar-refractivity contribution is 9.10. The first-order valence-corrected chi connectivity index (χ1v) is 7.68. The summed E-state index contributed by atoms with van der Waals surface area (Å²) < 4.78 is 15.0. The molecule has 0 N–H and O–H groups in total. The summed E-state index contributed by atoms with van der Waals surface area (Å²) in [6.45, 7) is 2.02. The molecule has 0 saturated carbocycles. The van der Waals surface area contributed by atoms with E-state index in [1.165, 1.54) is 17.0 Å². The predicted octanol–water partition coefficient (Wildman–Crippen LogP) is 6.05. The molecule has 0 aliphatic rings. The second kappa shape index (κ2) is 5.39. The van der Waals surface area contributed by atoms with Gasteiger partial charge in [-0.1, -0.05) is 15.9 Å². The molecular formula is C12H8Br2ClFS. The third kappa shape index (κ3) is 2.92. The Balaban J connectivity index is 2.46. The average molecular weight is 399 g/mol. The van der Waals surface area contributed by atoms with Crippen LogP contribution in [0, 0.1) is 12.7 Å². The van der Waals surface area contributed by atoms with Crippen molar-refractivity contribution in [2.75, 3.05) is 0 Å². The van der Waals surface area contributed by atoms with Crippen LogP contribution >= 0.6 is 54.8 Å². The van der Waals surface area contributed by atoms with Crippen LogP contribution in [0.4, 0.5) is 4.39 Å². The maximum atomic E-state index is 13.2. The fourth-order valence-corrected chi connectivity index (χ4v) is 4.57. The van der Waals surface area contributed by atoms with Crippen LogP contribution < -0.4 is 0 Å². The summed E-state index contributed by atoms with van der Waals surface area (Å²) in [5.74, 6) is -0.279. The summed E-state index contributed by atoms with van der Waals surface area (Å²) in [5, 5.41) is -0.354. The molecule has 0 radical (unpaired) electrons. The Morgan fingerprint density at radius 3 is 2.53 bits per heavy atom. The number of hydrogen-bond acceptors (Lipinski definition) is 1. The van der Waals surface area contributed by atoms with E-state index < -0.39 is 0 Å². The molecule has 0 aliphatic carbocycles. The molecule has 17 heavy (non-hydrogen) atoms. The van der Waals surface area contributed by atoms with Gasteiger partial charge in [-0.15, -0.1) is 22.9 Å². The number of hydrogen-bond donors (Lipinski definition) is 0. The number of halogens is 4. The maximum Gasteiger partial charge on any atom is 0.123 e. The first-order chi connectivity index (χ1) is 7.99. The van der Waals surface area contributed by atoms with Gasteiger partial charge >= 0.3 is 0 Å². The third-order valence-corrected chi connectivity index (χ3v) is 5.64. The highest BCUT2D eigenvalue weighted by atomic mass is 79.9. The first kappa shape index (κ1) is 13.5. The molecule has 90 valence electrons. The molecule has 0 spiro atoms. The Kier molecular flexibility index (Phi) is 4.29. The Hall–Kier alpha value is 0.1000. The lowest BCUT2D eigenvalue weighted by Crippen LogP contribution is -1.93. The zero-order valence-corrected chi connectivity index (χ0v) is 13.6. The Labute approximate surface area is 125 Å². The Bertz CT molecular complexity index is 553. The lowest BCUT2D eigenvalue weighted by molar-refractivity contribution is 0.625. The fraction of sp³-hybridized carbons (Fsp3) is 0.167. The van der Waals surface area contributed by atoms with Crippen LogP contribution in [-0.4, -0.2) is 0 Å². The van der Waals surface area contributed by atoms with Gasteiger partial charge in [-0.2, -0.15) is 0 Å². The second-order valence-electron chi connectivity index (χ2n) is 3.60. The van der Waals surface area contributed by atoms with Crippen LogP contribution in [-0.2, 0) is 0 Å². The van der Waals surface area contributed by atoms with Crippen molar-refractivity contribution in [1.82, 2.24) is 0 Å². The number of benzene rings is 1. The minimum absolute atomic E-state index is 0.279. The number of alkyl halides is 1. The Morgan fingerprint density at radius 2 is 1.94 bits per heavy atom. The highest BCUT2D eigenvalue weighted by Crippen LogP contribution is 2.41. The maximum absolute atomic E-state index is 13.2. The molecule has 1 aromatic carbocycles. The number of thiophene rings is 1. The average Bonchev–Trinajstić information content (AvgIpc) is 2.60. The summed E-state index contributed by atoms with van der Waals surface area (Å²) in [6, 6.07) is 6.56. The van der Waals surface area contributed by atoms with Gasteiger partial charge in [0.1, 0.15) is 5.82 Å². The van der Waals surface area contributed by atoms with Crippen molar-refractivity contribution >= 4 is 54.8 Å². The topological polar surface area (TPSA) is 0 Å². The van der Waals surface area contributed by atoms with E-state index in [1.54, 1.807) is 17.4 Å². The van der Waals surface area contributed by atoms with E-state index in [2.05, 4.69) is 31.9 Å². The van der Waals surface area contributed by atoms with Gasteiger partial charge < -0.3 is 0 Å². The van der Waals surface area contributed by atoms with Crippen LogP contribution in [0.25, 0.3) is 0 Å². The normalized spacial score (nSPS) is 12.8. The molecule has 1 aromatic heterocycles. The van der Waals surface area contributed by atoms with Crippen LogP contribution in [0.1, 0.15) is 20.7 Å². The predicted molar refractivity (Wildman–Crippen MR) is 78.6 cm³/mol. The van der Waals surface area contributed by atoms with E-state index in [0.717, 1.165) is 19.4 Å². The minimum Gasteiger partial charge on any atom is -0.207 e. The van der Waals surface area contributed by atoms with Crippen molar-refractivity contribution in [3.05, 3.63) is 54.3 Å². The van der Waals surface area contributed by atoms with E-state index in [-0.39, 0.29) is 11.2 Å². The van der Waals surface area contributed by atoms with Crippen LogP contribution in [0.15, 0.2) is 33.2 Å². The van der Waals surface area contributed by atoms with Crippen molar-refractivity contribution < 1.29 is 4.39 Å². The molecule has 1 unspecified atom stereocenters. The summed E-state index contributed by atoms with van der Waals surface area (Å²) >= 11 is 14.9. The molecule has 0 amide bonds. The molecule has 2 aromatic rings. The smallest absolute Gasteiger partial charge is 0.123 e. The zero-order valence-electron chi connectivity index (χ0n) is 8.81. The standard InChI is InChI=1S/C12H8Br2ClFS/c1-6-4-10(14)12(17-6)11(15)8-5-7(16)2-3-9(8)13/h2-5,11H,1H3. The van der Waals surface area contributed by atoms with Gasteiger partial charge in [0, 0.05) is 18.7 Å². The molecule has 0 aliphatic heterocycles. The number of rotatable bonds is 2. The van der Waals surface area contributed by atoms with Crippen molar-refractivity contribution in [3.8, 4) is 0 Å². The molecule has 1 atom stereocenters. The Morgan fingerprint density at radius 1 is 1.24 bits per heavy atom. The third-order valence-electron chi connectivity index (χ3n) is 2.30. The molecule has 1 heterocycles. The molecule has 5 heteroatoms. The summed E-state index contributed by atoms with van der Waals surface area (Å²) in [5.41, 5.74) is 0.745. The largest absolute Gasteiger partial charge is 0.207 e. The van der Waals surface area contributed by atoms with Gasteiger partial charge in [0.25, 0.3) is 0 Å². The first-order valence-electron chi connectivity index (χ1n) is 4.84.